The SMILES string of the molecule is NC(=O)[C@@H](OC(=O)c1[nH]c2ccccc2c1Br)c1ccccc1. The van der Waals surface area contributed by atoms with Gasteiger partial charge in [-0.05, 0) is 22.0 Å². The van der Waals surface area contributed by atoms with Crippen molar-refractivity contribution >= 4 is 38.7 Å². The average Bonchev–Trinajstić information content (AvgIpc) is 2.90. The van der Waals surface area contributed by atoms with Crippen LogP contribution in [0.25, 0.3) is 10.9 Å². The number of ether oxygens (including phenoxy) is 1. The van der Waals surface area contributed by atoms with Crippen LogP contribution in [-0.4, -0.2) is 16.9 Å². The van der Waals surface area contributed by atoms with Crippen LogP contribution in [0, 0.1) is 0 Å². The van der Waals surface area contributed by atoms with Crippen molar-refractivity contribution in [1.29, 1.82) is 0 Å². The third kappa shape index (κ3) is 2.98. The molecule has 0 bridgehead atoms. The van der Waals surface area contributed by atoms with E-state index in [1.165, 1.54) is 0 Å². The Balaban J connectivity index is 1.92. The molecule has 6 heteroatoms. The summed E-state index contributed by atoms with van der Waals surface area (Å²) >= 11 is 3.39. The second-order valence-electron chi connectivity index (χ2n) is 4.96. The first-order valence-corrected chi connectivity index (χ1v) is 7.68. The van der Waals surface area contributed by atoms with Gasteiger partial charge in [0.15, 0.2) is 0 Å². The number of nitrogens with one attached hydrogen (secondary N) is 1. The zero-order valence-electron chi connectivity index (χ0n) is 12.0. The molecule has 116 valence electrons. The number of carbonyl (C=O) groups is 2. The molecule has 0 spiro atoms. The second kappa shape index (κ2) is 6.26. The molecule has 1 amide bonds. The number of fused-ring (bicyclic) bond motifs is 1. The van der Waals surface area contributed by atoms with Crippen LogP contribution in [0.3, 0.4) is 0 Å². The minimum atomic E-state index is -1.14. The molecule has 0 aliphatic rings. The predicted molar refractivity (Wildman–Crippen MR) is 89.8 cm³/mol. The number of halogens is 1. The summed E-state index contributed by atoms with van der Waals surface area (Å²) in [5.74, 6) is -1.38. The molecule has 1 atom stereocenters. The zero-order valence-corrected chi connectivity index (χ0v) is 13.5. The van der Waals surface area contributed by atoms with E-state index in [9.17, 15) is 9.59 Å². The predicted octanol–water partition coefficient (Wildman–Crippen LogP) is 3.31. The number of carbonyl (C=O) groups excluding carboxylic acids is 2. The zero-order chi connectivity index (χ0) is 16.4. The summed E-state index contributed by atoms with van der Waals surface area (Å²) < 4.78 is 5.91. The maximum Gasteiger partial charge on any atom is 0.357 e. The van der Waals surface area contributed by atoms with Crippen molar-refractivity contribution in [3.63, 3.8) is 0 Å². The van der Waals surface area contributed by atoms with E-state index in [0.717, 1.165) is 10.9 Å². The number of aromatic amines is 1. The number of hydrogen-bond donors (Lipinski definition) is 2. The Morgan fingerprint density at radius 1 is 1.04 bits per heavy atom. The van der Waals surface area contributed by atoms with Gasteiger partial charge >= 0.3 is 5.97 Å². The van der Waals surface area contributed by atoms with Gasteiger partial charge < -0.3 is 15.5 Å². The van der Waals surface area contributed by atoms with Crippen molar-refractivity contribution in [2.75, 3.05) is 0 Å². The molecule has 0 unspecified atom stereocenters. The van der Waals surface area contributed by atoms with Gasteiger partial charge in [-0.25, -0.2) is 4.79 Å². The number of para-hydroxylation sites is 1. The number of hydrogen-bond acceptors (Lipinski definition) is 3. The molecule has 3 N–H and O–H groups in total. The Bertz CT molecular complexity index is 874. The van der Waals surface area contributed by atoms with Gasteiger partial charge in [0.1, 0.15) is 5.69 Å². The van der Waals surface area contributed by atoms with Crippen LogP contribution in [-0.2, 0) is 9.53 Å². The molecule has 0 saturated carbocycles. The first-order chi connectivity index (χ1) is 11.1. The highest BCUT2D eigenvalue weighted by atomic mass is 79.9. The van der Waals surface area contributed by atoms with Crippen LogP contribution < -0.4 is 5.73 Å². The lowest BCUT2D eigenvalue weighted by molar-refractivity contribution is -0.127. The minimum Gasteiger partial charge on any atom is -0.443 e. The number of nitrogens with two attached hydrogens (primary N) is 1. The van der Waals surface area contributed by atoms with Crippen LogP contribution >= 0.6 is 15.9 Å². The lowest BCUT2D eigenvalue weighted by Gasteiger charge is -2.14. The van der Waals surface area contributed by atoms with Crippen molar-refractivity contribution in [1.82, 2.24) is 4.98 Å². The molecule has 3 rings (SSSR count). The van der Waals surface area contributed by atoms with E-state index < -0.39 is 18.0 Å². The highest BCUT2D eigenvalue weighted by Crippen LogP contribution is 2.29. The van der Waals surface area contributed by atoms with Crippen molar-refractivity contribution in [2.45, 2.75) is 6.10 Å². The summed E-state index contributed by atoms with van der Waals surface area (Å²) in [6, 6.07) is 16.1. The van der Waals surface area contributed by atoms with E-state index in [4.69, 9.17) is 10.5 Å². The molecule has 2 aromatic carbocycles. The van der Waals surface area contributed by atoms with Gasteiger partial charge in [0.25, 0.3) is 5.91 Å². The summed E-state index contributed by atoms with van der Waals surface area (Å²) in [6.45, 7) is 0. The largest absolute Gasteiger partial charge is 0.443 e. The van der Waals surface area contributed by atoms with E-state index in [-0.39, 0.29) is 5.69 Å². The molecule has 5 nitrogen and oxygen atoms in total. The Hall–Kier alpha value is -2.60. The number of benzene rings is 2. The van der Waals surface area contributed by atoms with Gasteiger partial charge in [-0.15, -0.1) is 0 Å². The number of primary amides is 1. The molecule has 0 aliphatic heterocycles. The van der Waals surface area contributed by atoms with Crippen molar-refractivity contribution in [2.24, 2.45) is 5.73 Å². The molecular weight excluding hydrogens is 360 g/mol. The third-order valence-corrected chi connectivity index (χ3v) is 4.26. The smallest absolute Gasteiger partial charge is 0.357 e. The standard InChI is InChI=1S/C17H13BrN2O3/c18-13-11-8-4-5-9-12(11)20-14(13)17(22)23-15(16(19)21)10-6-2-1-3-7-10/h1-9,15,20H,(H2,19,21)/t15-/m0/s1. The Labute approximate surface area is 140 Å². The number of amides is 1. The van der Waals surface area contributed by atoms with Crippen LogP contribution in [0.4, 0.5) is 0 Å². The fourth-order valence-electron chi connectivity index (χ4n) is 2.33. The average molecular weight is 373 g/mol. The summed E-state index contributed by atoms with van der Waals surface area (Å²) in [7, 11) is 0. The van der Waals surface area contributed by atoms with Gasteiger partial charge in [-0.3, -0.25) is 4.79 Å². The normalized spacial score (nSPS) is 12.0. The van der Waals surface area contributed by atoms with Crippen LogP contribution in [0.1, 0.15) is 22.2 Å². The van der Waals surface area contributed by atoms with Crippen molar-refractivity contribution in [3.8, 4) is 0 Å². The molecule has 1 heterocycles. The lowest BCUT2D eigenvalue weighted by Crippen LogP contribution is -2.26. The molecule has 0 radical (unpaired) electrons. The van der Waals surface area contributed by atoms with Gasteiger partial charge in [0, 0.05) is 16.5 Å². The lowest BCUT2D eigenvalue weighted by atomic mass is 10.1. The first-order valence-electron chi connectivity index (χ1n) is 6.89. The highest BCUT2D eigenvalue weighted by molar-refractivity contribution is 9.10. The van der Waals surface area contributed by atoms with Crippen LogP contribution in [0.2, 0.25) is 0 Å². The molecule has 1 aromatic heterocycles. The maximum atomic E-state index is 12.4. The Morgan fingerprint density at radius 3 is 2.35 bits per heavy atom. The fourth-order valence-corrected chi connectivity index (χ4v) is 2.94. The Kier molecular flexibility index (Phi) is 4.16. The van der Waals surface area contributed by atoms with E-state index in [1.54, 1.807) is 30.3 Å². The van der Waals surface area contributed by atoms with E-state index in [1.807, 2.05) is 24.3 Å². The summed E-state index contributed by atoms with van der Waals surface area (Å²) in [6.07, 6.45) is -1.14. The molecule has 0 fully saturated rings. The number of H-pyrrole nitrogens is 1. The monoisotopic (exact) mass is 372 g/mol. The highest BCUT2D eigenvalue weighted by Gasteiger charge is 2.25. The minimum absolute atomic E-state index is 0.244. The maximum absolute atomic E-state index is 12.4. The molecule has 3 aromatic rings. The van der Waals surface area contributed by atoms with E-state index >= 15 is 0 Å². The van der Waals surface area contributed by atoms with Crippen molar-refractivity contribution < 1.29 is 14.3 Å². The number of rotatable bonds is 4. The molecule has 0 saturated heterocycles. The van der Waals surface area contributed by atoms with E-state index in [0.29, 0.717) is 10.0 Å². The summed E-state index contributed by atoms with van der Waals surface area (Å²) in [4.78, 5) is 27.1. The summed E-state index contributed by atoms with van der Waals surface area (Å²) in [5.41, 5.74) is 6.94. The molecule has 23 heavy (non-hydrogen) atoms. The van der Waals surface area contributed by atoms with Crippen molar-refractivity contribution in [3.05, 3.63) is 70.3 Å². The van der Waals surface area contributed by atoms with Gasteiger partial charge in [-0.2, -0.15) is 0 Å². The topological polar surface area (TPSA) is 85.2 Å². The van der Waals surface area contributed by atoms with Crippen LogP contribution in [0.15, 0.2) is 59.1 Å². The van der Waals surface area contributed by atoms with Gasteiger partial charge in [0.2, 0.25) is 6.10 Å². The van der Waals surface area contributed by atoms with Gasteiger partial charge in [0.05, 0.1) is 4.47 Å². The quantitative estimate of drug-likeness (QED) is 0.688. The number of esters is 1. The first kappa shape index (κ1) is 15.3. The second-order valence-corrected chi connectivity index (χ2v) is 5.75. The molecular formula is C17H13BrN2O3. The summed E-state index contributed by atoms with van der Waals surface area (Å²) in [5, 5.41) is 0.856. The Morgan fingerprint density at radius 2 is 1.70 bits per heavy atom. The number of aromatic nitrogens is 1. The molecule has 0 aliphatic carbocycles. The van der Waals surface area contributed by atoms with E-state index in [2.05, 4.69) is 20.9 Å². The van der Waals surface area contributed by atoms with Crippen LogP contribution in [0.5, 0.6) is 0 Å². The van der Waals surface area contributed by atoms with Gasteiger partial charge in [-0.1, -0.05) is 48.5 Å². The third-order valence-electron chi connectivity index (χ3n) is 3.43. The fraction of sp³-hybridized carbons (Fsp3) is 0.0588.